The number of likely N-dealkylation sites (tertiary alicyclic amines) is 1. The second kappa shape index (κ2) is 8.83. The van der Waals surface area contributed by atoms with Crippen molar-refractivity contribution < 1.29 is 19.1 Å². The molecular weight excluding hydrogens is 380 g/mol. The highest BCUT2D eigenvalue weighted by atomic mass is 32.1. The first-order chi connectivity index (χ1) is 13.5. The smallest absolute Gasteiger partial charge is 0.264 e. The van der Waals surface area contributed by atoms with Gasteiger partial charge in [-0.2, -0.15) is 4.98 Å². The van der Waals surface area contributed by atoms with Gasteiger partial charge in [0.2, 0.25) is 11.8 Å². The number of hydrogen-bond acceptors (Lipinski definition) is 7. The van der Waals surface area contributed by atoms with Gasteiger partial charge in [-0.05, 0) is 25.3 Å². The van der Waals surface area contributed by atoms with Crippen molar-refractivity contribution in [2.45, 2.75) is 45.8 Å². The molecule has 1 atom stereocenters. The number of aromatic nitrogens is 2. The number of hydrogen-bond donors (Lipinski definition) is 1. The molecule has 1 fully saturated rings. The number of methoxy groups -OCH3 is 2. The number of fused-ring (bicyclic) bond motifs is 1. The first kappa shape index (κ1) is 20.5. The average Bonchev–Trinajstić information content (AvgIpc) is 3.03. The lowest BCUT2D eigenvalue weighted by Crippen LogP contribution is -2.49. The summed E-state index contributed by atoms with van der Waals surface area (Å²) < 4.78 is 10.6. The van der Waals surface area contributed by atoms with Crippen LogP contribution in [0.15, 0.2) is 0 Å². The summed E-state index contributed by atoms with van der Waals surface area (Å²) in [6.07, 6.45) is 2.20. The van der Waals surface area contributed by atoms with Gasteiger partial charge in [0, 0.05) is 32.7 Å². The number of nitrogens with zero attached hydrogens (tertiary/aromatic N) is 3. The van der Waals surface area contributed by atoms with E-state index in [2.05, 4.69) is 15.3 Å². The number of nitrogens with one attached hydrogen (secondary N) is 1. The Kier molecular flexibility index (Phi) is 6.46. The molecule has 0 spiro atoms. The second-order valence-electron chi connectivity index (χ2n) is 6.83. The lowest BCUT2D eigenvalue weighted by Gasteiger charge is -2.33. The van der Waals surface area contributed by atoms with Crippen LogP contribution in [0.3, 0.4) is 0 Å². The fraction of sp³-hybridized carbons (Fsp3) is 0.579. The van der Waals surface area contributed by atoms with Gasteiger partial charge in [-0.25, -0.2) is 4.98 Å². The van der Waals surface area contributed by atoms with Crippen LogP contribution in [0.5, 0.6) is 5.88 Å². The third-order valence-corrected chi connectivity index (χ3v) is 6.03. The summed E-state index contributed by atoms with van der Waals surface area (Å²) in [5.74, 6) is 0.957. The summed E-state index contributed by atoms with van der Waals surface area (Å²) in [6, 6.07) is 0.00229. The Labute approximate surface area is 168 Å². The third-order valence-electron chi connectivity index (χ3n) is 4.86. The molecule has 0 aromatic carbocycles. The van der Waals surface area contributed by atoms with Gasteiger partial charge >= 0.3 is 0 Å². The lowest BCUT2D eigenvalue weighted by atomic mass is 10.0. The van der Waals surface area contributed by atoms with Crippen molar-refractivity contribution >= 4 is 33.4 Å². The third kappa shape index (κ3) is 4.10. The van der Waals surface area contributed by atoms with Crippen molar-refractivity contribution in [3.05, 3.63) is 16.3 Å². The van der Waals surface area contributed by atoms with E-state index in [1.165, 1.54) is 11.3 Å². The normalized spacial score (nSPS) is 17.0. The Morgan fingerprint density at radius 3 is 2.79 bits per heavy atom. The molecule has 2 aromatic rings. The summed E-state index contributed by atoms with van der Waals surface area (Å²) >= 11 is 1.35. The van der Waals surface area contributed by atoms with Gasteiger partial charge in [0.05, 0.1) is 17.4 Å². The molecule has 2 amide bonds. The van der Waals surface area contributed by atoms with Gasteiger partial charge in [-0.3, -0.25) is 9.59 Å². The number of thiophene rings is 1. The molecule has 1 aliphatic rings. The van der Waals surface area contributed by atoms with Crippen LogP contribution in [0, 0.1) is 6.92 Å². The molecule has 9 heteroatoms. The topological polar surface area (TPSA) is 93.7 Å². The van der Waals surface area contributed by atoms with E-state index in [0.717, 1.165) is 23.8 Å². The van der Waals surface area contributed by atoms with Gasteiger partial charge in [0.25, 0.3) is 5.91 Å². The minimum absolute atomic E-state index is 0.00229. The molecule has 3 heterocycles. The average molecular weight is 407 g/mol. The number of ether oxygens (including phenoxy) is 2. The molecule has 1 aliphatic heterocycles. The minimum atomic E-state index is -0.0358. The highest BCUT2D eigenvalue weighted by Gasteiger charge is 2.29. The molecule has 3 rings (SSSR count). The molecule has 1 unspecified atom stereocenters. The predicted molar refractivity (Wildman–Crippen MR) is 107 cm³/mol. The molecule has 0 saturated carbocycles. The predicted octanol–water partition coefficient (Wildman–Crippen LogP) is 2.29. The zero-order valence-electron chi connectivity index (χ0n) is 16.7. The van der Waals surface area contributed by atoms with Gasteiger partial charge < -0.3 is 19.7 Å². The first-order valence-electron chi connectivity index (χ1n) is 9.40. The van der Waals surface area contributed by atoms with Crippen LogP contribution in [0.4, 0.5) is 0 Å². The maximum Gasteiger partial charge on any atom is 0.264 e. The quantitative estimate of drug-likeness (QED) is 0.791. The zero-order chi connectivity index (χ0) is 20.3. The lowest BCUT2D eigenvalue weighted by molar-refractivity contribution is -0.121. The van der Waals surface area contributed by atoms with Crippen molar-refractivity contribution in [2.75, 3.05) is 27.3 Å². The highest BCUT2D eigenvalue weighted by molar-refractivity contribution is 7.20. The molecule has 152 valence electrons. The van der Waals surface area contributed by atoms with Crippen molar-refractivity contribution in [3.8, 4) is 5.88 Å². The van der Waals surface area contributed by atoms with Crippen LogP contribution in [0.1, 0.15) is 47.2 Å². The van der Waals surface area contributed by atoms with Crippen molar-refractivity contribution in [2.24, 2.45) is 0 Å². The molecule has 1 saturated heterocycles. The van der Waals surface area contributed by atoms with E-state index in [9.17, 15) is 9.59 Å². The number of rotatable bonds is 6. The molecule has 1 N–H and O–H groups in total. The Bertz CT molecular complexity index is 882. The summed E-state index contributed by atoms with van der Waals surface area (Å²) in [5.41, 5.74) is 0.825. The van der Waals surface area contributed by atoms with Crippen molar-refractivity contribution in [1.29, 1.82) is 0 Å². The molecular formula is C19H26N4O4S. The maximum absolute atomic E-state index is 13.2. The van der Waals surface area contributed by atoms with Crippen LogP contribution >= 0.6 is 11.3 Å². The fourth-order valence-electron chi connectivity index (χ4n) is 3.44. The zero-order valence-corrected chi connectivity index (χ0v) is 17.5. The monoisotopic (exact) mass is 406 g/mol. The Morgan fingerprint density at radius 1 is 1.32 bits per heavy atom. The van der Waals surface area contributed by atoms with Crippen LogP contribution in [-0.2, 0) is 16.1 Å². The van der Waals surface area contributed by atoms with Crippen LogP contribution in [0.2, 0.25) is 0 Å². The van der Waals surface area contributed by atoms with Gasteiger partial charge in [-0.15, -0.1) is 11.3 Å². The van der Waals surface area contributed by atoms with E-state index in [1.807, 2.05) is 18.7 Å². The Morgan fingerprint density at radius 2 is 2.11 bits per heavy atom. The summed E-state index contributed by atoms with van der Waals surface area (Å²) in [4.78, 5) is 37.0. The van der Waals surface area contributed by atoms with E-state index in [-0.39, 0.29) is 24.5 Å². The van der Waals surface area contributed by atoms with Crippen LogP contribution in [0.25, 0.3) is 10.2 Å². The van der Waals surface area contributed by atoms with Gasteiger partial charge in [0.15, 0.2) is 5.82 Å². The molecule has 2 aromatic heterocycles. The molecule has 0 radical (unpaired) electrons. The van der Waals surface area contributed by atoms with Gasteiger partial charge in [-0.1, -0.05) is 6.92 Å². The van der Waals surface area contributed by atoms with Crippen LogP contribution in [-0.4, -0.2) is 60.0 Å². The minimum Gasteiger partial charge on any atom is -0.480 e. The van der Waals surface area contributed by atoms with Crippen LogP contribution < -0.4 is 10.1 Å². The number of carbonyl (C=O) groups excluding carboxylic acids is 2. The van der Waals surface area contributed by atoms with E-state index >= 15 is 0 Å². The van der Waals surface area contributed by atoms with E-state index in [1.54, 1.807) is 14.2 Å². The fourth-order valence-corrected chi connectivity index (χ4v) is 4.60. The summed E-state index contributed by atoms with van der Waals surface area (Å²) in [5, 5.41) is 3.77. The van der Waals surface area contributed by atoms with E-state index in [0.29, 0.717) is 40.9 Å². The highest BCUT2D eigenvalue weighted by Crippen LogP contribution is 2.36. The summed E-state index contributed by atoms with van der Waals surface area (Å²) in [6.45, 7) is 5.21. The SMILES string of the molecule is CCC(=O)NC1CCCN(C(=O)c2sc3nc(COC)nc(OC)c3c2C)C1. The second-order valence-corrected chi connectivity index (χ2v) is 7.83. The molecule has 28 heavy (non-hydrogen) atoms. The largest absolute Gasteiger partial charge is 0.480 e. The number of carbonyl (C=O) groups is 2. The van der Waals surface area contributed by atoms with Crippen molar-refractivity contribution in [1.82, 2.24) is 20.2 Å². The Hall–Kier alpha value is -2.26. The maximum atomic E-state index is 13.2. The molecule has 0 aliphatic carbocycles. The number of aryl methyl sites for hydroxylation is 1. The van der Waals surface area contributed by atoms with E-state index < -0.39 is 0 Å². The standard InChI is InChI=1S/C19H26N4O4S/c1-5-14(24)20-12-7-6-8-23(9-12)19(25)16-11(2)15-17(27-4)21-13(10-26-3)22-18(15)28-16/h12H,5-10H2,1-4H3,(H,20,24). The Balaban J connectivity index is 1.89. The molecule has 8 nitrogen and oxygen atoms in total. The number of amides is 2. The van der Waals surface area contributed by atoms with E-state index in [4.69, 9.17) is 9.47 Å². The number of piperidine rings is 1. The van der Waals surface area contributed by atoms with Crippen molar-refractivity contribution in [3.63, 3.8) is 0 Å². The first-order valence-corrected chi connectivity index (χ1v) is 10.2. The van der Waals surface area contributed by atoms with Gasteiger partial charge in [0.1, 0.15) is 11.4 Å². The molecule has 0 bridgehead atoms. The summed E-state index contributed by atoms with van der Waals surface area (Å²) in [7, 11) is 3.14.